The highest BCUT2D eigenvalue weighted by Crippen LogP contribution is 2.31. The van der Waals surface area contributed by atoms with Crippen molar-refractivity contribution in [2.75, 3.05) is 0 Å². The first-order valence-corrected chi connectivity index (χ1v) is 15.9. The van der Waals surface area contributed by atoms with Crippen LogP contribution in [-0.2, 0) is 17.0 Å². The van der Waals surface area contributed by atoms with Gasteiger partial charge in [-0.15, -0.1) is 10.2 Å². The zero-order valence-corrected chi connectivity index (χ0v) is 25.7. The first-order valence-electron chi connectivity index (χ1n) is 14.9. The predicted octanol–water partition coefficient (Wildman–Crippen LogP) is 8.24. The Balaban J connectivity index is 1.40. The number of hydrogen-bond donors (Lipinski definition) is 1. The lowest BCUT2D eigenvalue weighted by Gasteiger charge is -2.24. The van der Waals surface area contributed by atoms with Crippen LogP contribution in [0.2, 0.25) is 0 Å². The first-order chi connectivity index (χ1) is 22.0. The van der Waals surface area contributed by atoms with Gasteiger partial charge >= 0.3 is 0 Å². The summed E-state index contributed by atoms with van der Waals surface area (Å²) in [5.41, 5.74) is 5.90. The lowest BCUT2D eigenvalue weighted by Crippen LogP contribution is -2.36. The number of carbonyl (C=O) groups excluding carboxylic acids is 1. The van der Waals surface area contributed by atoms with E-state index in [4.69, 9.17) is 5.10 Å². The summed E-state index contributed by atoms with van der Waals surface area (Å²) in [6.45, 7) is 2.05. The van der Waals surface area contributed by atoms with Gasteiger partial charge in [0.15, 0.2) is 11.0 Å². The monoisotopic (exact) mass is 612 g/mol. The average Bonchev–Trinajstić information content (AvgIpc) is 3.50. The van der Waals surface area contributed by atoms with Crippen molar-refractivity contribution in [3.63, 3.8) is 0 Å². The molecule has 1 atom stereocenters. The molecule has 5 aromatic carbocycles. The molecule has 45 heavy (non-hydrogen) atoms. The van der Waals surface area contributed by atoms with E-state index in [1.54, 1.807) is 12.1 Å². The Morgan fingerprint density at radius 1 is 0.733 bits per heavy atom. The van der Waals surface area contributed by atoms with Crippen LogP contribution in [0.3, 0.4) is 0 Å². The van der Waals surface area contributed by atoms with Crippen LogP contribution in [0.5, 0.6) is 0 Å². The standard InChI is InChI=1S/C38H33FN4OS/c1-27-17-23-33(24-18-27)43-36(41-42-38(43)45-26-29-19-21-32(39)22-20-29)34(25-28-11-5-2-6-12-28)40-37(44)35(30-13-7-3-8-14-30)31-15-9-4-10-16-31/h2-24,34-35H,25-26H2,1H3,(H,40,44). The second-order valence-electron chi connectivity index (χ2n) is 10.9. The molecule has 0 aliphatic carbocycles. The van der Waals surface area contributed by atoms with Crippen LogP contribution in [0.1, 0.15) is 45.6 Å². The van der Waals surface area contributed by atoms with Gasteiger partial charge in [0.2, 0.25) is 5.91 Å². The fourth-order valence-electron chi connectivity index (χ4n) is 5.36. The summed E-state index contributed by atoms with van der Waals surface area (Å²) in [7, 11) is 0. The van der Waals surface area contributed by atoms with Crippen molar-refractivity contribution in [3.8, 4) is 5.69 Å². The van der Waals surface area contributed by atoms with Gasteiger partial charge in [-0.1, -0.05) is 133 Å². The van der Waals surface area contributed by atoms with Gasteiger partial charge in [0, 0.05) is 11.4 Å². The minimum Gasteiger partial charge on any atom is -0.345 e. The molecule has 7 heteroatoms. The molecular weight excluding hydrogens is 580 g/mol. The number of aryl methyl sites for hydroxylation is 1. The number of benzene rings is 5. The quantitative estimate of drug-likeness (QED) is 0.150. The summed E-state index contributed by atoms with van der Waals surface area (Å²) in [6.07, 6.45) is 0.523. The molecule has 0 aliphatic rings. The molecule has 0 radical (unpaired) electrons. The summed E-state index contributed by atoms with van der Waals surface area (Å²) in [4.78, 5) is 14.4. The van der Waals surface area contributed by atoms with Crippen LogP contribution in [-0.4, -0.2) is 20.7 Å². The molecule has 0 saturated carbocycles. The van der Waals surface area contributed by atoms with E-state index in [-0.39, 0.29) is 11.7 Å². The third-order valence-electron chi connectivity index (χ3n) is 7.67. The topological polar surface area (TPSA) is 59.8 Å². The highest BCUT2D eigenvalue weighted by molar-refractivity contribution is 7.98. The normalized spacial score (nSPS) is 11.8. The highest BCUT2D eigenvalue weighted by atomic mass is 32.2. The zero-order valence-electron chi connectivity index (χ0n) is 24.9. The molecular formula is C38H33FN4OS. The summed E-state index contributed by atoms with van der Waals surface area (Å²) in [6, 6.07) is 44.0. The molecule has 1 amide bonds. The Bertz CT molecular complexity index is 1790. The van der Waals surface area contributed by atoms with Crippen molar-refractivity contribution in [1.82, 2.24) is 20.1 Å². The van der Waals surface area contributed by atoms with Gasteiger partial charge in [0.25, 0.3) is 0 Å². The van der Waals surface area contributed by atoms with Crippen LogP contribution in [0.15, 0.2) is 145 Å². The molecule has 0 bridgehead atoms. The number of rotatable bonds is 11. The Labute approximate surface area is 267 Å². The Morgan fingerprint density at radius 3 is 1.91 bits per heavy atom. The van der Waals surface area contributed by atoms with Crippen molar-refractivity contribution >= 4 is 17.7 Å². The van der Waals surface area contributed by atoms with Crippen LogP contribution >= 0.6 is 11.8 Å². The van der Waals surface area contributed by atoms with E-state index in [2.05, 4.69) is 34.7 Å². The Morgan fingerprint density at radius 2 is 1.31 bits per heavy atom. The second-order valence-corrected chi connectivity index (χ2v) is 11.9. The van der Waals surface area contributed by atoms with Gasteiger partial charge in [-0.3, -0.25) is 9.36 Å². The van der Waals surface area contributed by atoms with E-state index in [1.807, 2.05) is 102 Å². The summed E-state index contributed by atoms with van der Waals surface area (Å²) >= 11 is 1.52. The molecule has 0 aliphatic heterocycles. The van der Waals surface area contributed by atoms with Crippen molar-refractivity contribution in [2.45, 2.75) is 36.2 Å². The fourth-order valence-corrected chi connectivity index (χ4v) is 6.28. The molecule has 6 rings (SSSR count). The maximum absolute atomic E-state index is 14.4. The van der Waals surface area contributed by atoms with Crippen molar-refractivity contribution in [1.29, 1.82) is 0 Å². The predicted molar refractivity (Wildman–Crippen MR) is 178 cm³/mol. The number of aromatic nitrogens is 3. The van der Waals surface area contributed by atoms with Gasteiger partial charge in [0.1, 0.15) is 5.82 Å². The molecule has 1 N–H and O–H groups in total. The average molecular weight is 613 g/mol. The van der Waals surface area contributed by atoms with Crippen molar-refractivity contribution in [3.05, 3.63) is 179 Å². The maximum Gasteiger partial charge on any atom is 0.232 e. The minimum absolute atomic E-state index is 0.118. The number of thioether (sulfide) groups is 1. The Hall–Kier alpha value is -5.01. The van der Waals surface area contributed by atoms with Crippen LogP contribution in [0.4, 0.5) is 4.39 Å². The van der Waals surface area contributed by atoms with Gasteiger partial charge in [-0.05, 0) is 59.9 Å². The minimum atomic E-state index is -0.506. The summed E-state index contributed by atoms with van der Waals surface area (Å²) in [5, 5.41) is 13.4. The summed E-state index contributed by atoms with van der Waals surface area (Å²) < 4.78 is 15.6. The van der Waals surface area contributed by atoms with Crippen molar-refractivity contribution < 1.29 is 9.18 Å². The van der Waals surface area contributed by atoms with Gasteiger partial charge in [0.05, 0.1) is 12.0 Å². The number of carbonyl (C=O) groups is 1. The molecule has 1 aromatic heterocycles. The molecule has 5 nitrogen and oxygen atoms in total. The maximum atomic E-state index is 14.4. The van der Waals surface area contributed by atoms with Crippen LogP contribution in [0.25, 0.3) is 5.69 Å². The molecule has 1 unspecified atom stereocenters. The molecule has 0 fully saturated rings. The van der Waals surface area contributed by atoms with Crippen molar-refractivity contribution in [2.24, 2.45) is 0 Å². The molecule has 0 spiro atoms. The SMILES string of the molecule is Cc1ccc(-n2c(SCc3ccc(F)cc3)nnc2C(Cc2ccccc2)NC(=O)C(c2ccccc2)c2ccccc2)cc1. The van der Waals surface area contributed by atoms with E-state index >= 15 is 0 Å². The number of nitrogens with one attached hydrogen (secondary N) is 1. The lowest BCUT2D eigenvalue weighted by molar-refractivity contribution is -0.122. The van der Waals surface area contributed by atoms with E-state index in [0.717, 1.165) is 33.5 Å². The van der Waals surface area contributed by atoms with E-state index < -0.39 is 12.0 Å². The fraction of sp³-hybridized carbons (Fsp3) is 0.132. The molecule has 1 heterocycles. The van der Waals surface area contributed by atoms with Gasteiger partial charge < -0.3 is 5.32 Å². The number of hydrogen-bond acceptors (Lipinski definition) is 4. The van der Waals surface area contributed by atoms with Crippen LogP contribution in [0, 0.1) is 12.7 Å². The third-order valence-corrected chi connectivity index (χ3v) is 8.67. The highest BCUT2D eigenvalue weighted by Gasteiger charge is 2.29. The smallest absolute Gasteiger partial charge is 0.232 e. The number of amides is 1. The van der Waals surface area contributed by atoms with E-state index in [1.165, 1.54) is 23.9 Å². The van der Waals surface area contributed by atoms with E-state index in [0.29, 0.717) is 23.2 Å². The van der Waals surface area contributed by atoms with Gasteiger partial charge in [-0.25, -0.2) is 4.39 Å². The number of halogens is 1. The third kappa shape index (κ3) is 7.39. The zero-order chi connectivity index (χ0) is 31.0. The van der Waals surface area contributed by atoms with Crippen LogP contribution < -0.4 is 5.32 Å². The molecule has 224 valence electrons. The first kappa shape index (κ1) is 30.0. The second kappa shape index (κ2) is 14.2. The van der Waals surface area contributed by atoms with E-state index in [9.17, 15) is 9.18 Å². The summed E-state index contributed by atoms with van der Waals surface area (Å²) in [5.74, 6) is 0.334. The largest absolute Gasteiger partial charge is 0.345 e. The van der Waals surface area contributed by atoms with Gasteiger partial charge in [-0.2, -0.15) is 0 Å². The Kier molecular flexibility index (Phi) is 9.47. The molecule has 6 aromatic rings. The molecule has 0 saturated heterocycles. The number of nitrogens with zero attached hydrogens (tertiary/aromatic N) is 3. The lowest BCUT2D eigenvalue weighted by atomic mass is 9.90.